The second kappa shape index (κ2) is 10.1. The lowest BCUT2D eigenvalue weighted by atomic mass is 10.0. The number of esters is 2. The first-order valence-corrected chi connectivity index (χ1v) is 8.92. The Labute approximate surface area is 145 Å². The molecule has 0 spiro atoms. The van der Waals surface area contributed by atoms with Crippen molar-refractivity contribution >= 4 is 11.9 Å². The summed E-state index contributed by atoms with van der Waals surface area (Å²) in [5.41, 5.74) is 0.911. The maximum Gasteiger partial charge on any atom is 0.313 e. The average molecular weight is 334 g/mol. The van der Waals surface area contributed by atoms with Crippen molar-refractivity contribution in [2.75, 3.05) is 0 Å². The fourth-order valence-electron chi connectivity index (χ4n) is 2.14. The van der Waals surface area contributed by atoms with Crippen LogP contribution in [0.2, 0.25) is 0 Å². The molecule has 0 saturated heterocycles. The summed E-state index contributed by atoms with van der Waals surface area (Å²) < 4.78 is 11.0. The lowest BCUT2D eigenvalue weighted by Crippen LogP contribution is -2.19. The molecule has 1 rings (SSSR count). The summed E-state index contributed by atoms with van der Waals surface area (Å²) in [5.74, 6) is -0.422. The zero-order chi connectivity index (χ0) is 18.1. The monoisotopic (exact) mass is 334 g/mol. The van der Waals surface area contributed by atoms with Crippen LogP contribution in [-0.2, 0) is 16.0 Å². The van der Waals surface area contributed by atoms with Gasteiger partial charge in [0.1, 0.15) is 0 Å². The van der Waals surface area contributed by atoms with E-state index in [4.69, 9.17) is 9.47 Å². The molecule has 0 atom stereocenters. The molecule has 24 heavy (non-hydrogen) atoms. The first-order chi connectivity index (χ1) is 11.4. The van der Waals surface area contributed by atoms with Crippen molar-refractivity contribution in [3.05, 3.63) is 23.8 Å². The molecule has 0 amide bonds. The van der Waals surface area contributed by atoms with Crippen molar-refractivity contribution in [3.8, 4) is 11.5 Å². The minimum atomic E-state index is -0.333. The third-order valence-corrected chi connectivity index (χ3v) is 3.72. The molecule has 1 aromatic rings. The van der Waals surface area contributed by atoms with Crippen LogP contribution < -0.4 is 9.47 Å². The molecule has 0 heterocycles. The van der Waals surface area contributed by atoms with Crippen LogP contribution in [0.3, 0.4) is 0 Å². The van der Waals surface area contributed by atoms with Gasteiger partial charge in [-0.05, 0) is 24.5 Å². The highest BCUT2D eigenvalue weighted by Gasteiger charge is 2.20. The molecule has 0 aliphatic heterocycles. The molecule has 0 bridgehead atoms. The minimum Gasteiger partial charge on any atom is -0.422 e. The third kappa shape index (κ3) is 6.34. The van der Waals surface area contributed by atoms with Gasteiger partial charge in [-0.2, -0.15) is 0 Å². The molecule has 0 aromatic heterocycles. The van der Waals surface area contributed by atoms with Gasteiger partial charge in [0.2, 0.25) is 0 Å². The Bertz CT molecular complexity index is 547. The largest absolute Gasteiger partial charge is 0.422 e. The molecule has 4 nitrogen and oxygen atoms in total. The van der Waals surface area contributed by atoms with Crippen molar-refractivity contribution in [1.82, 2.24) is 0 Å². The fourth-order valence-corrected chi connectivity index (χ4v) is 2.14. The summed E-state index contributed by atoms with van der Waals surface area (Å²) in [4.78, 5) is 24.0. The summed E-state index contributed by atoms with van der Waals surface area (Å²) in [6, 6.07) is 5.45. The molecule has 0 unspecified atom stereocenters. The Morgan fingerprint density at radius 2 is 1.54 bits per heavy atom. The number of para-hydroxylation sites is 1. The molecule has 0 aliphatic rings. The molecule has 4 heteroatoms. The lowest BCUT2D eigenvalue weighted by molar-refractivity contribution is -0.140. The van der Waals surface area contributed by atoms with Crippen molar-refractivity contribution in [2.24, 2.45) is 11.8 Å². The number of ether oxygens (including phenoxy) is 2. The second-order valence-electron chi connectivity index (χ2n) is 6.71. The SMILES string of the molecule is CCCCCCc1cccc(OC(=O)C(C)C)c1OC(=O)C(C)C. The molecule has 0 saturated carbocycles. The standard InChI is InChI=1S/C20H30O4/c1-6-7-8-9-11-16-12-10-13-17(23-19(21)14(2)3)18(16)24-20(22)15(4)5/h10,12-15H,6-9,11H2,1-5H3. The predicted octanol–water partition coefficient (Wildman–Crippen LogP) is 4.93. The van der Waals surface area contributed by atoms with E-state index in [0.717, 1.165) is 24.8 Å². The Balaban J connectivity index is 3.03. The van der Waals surface area contributed by atoms with Gasteiger partial charge < -0.3 is 9.47 Å². The Kier molecular flexibility index (Phi) is 8.51. The van der Waals surface area contributed by atoms with E-state index in [0.29, 0.717) is 11.5 Å². The van der Waals surface area contributed by atoms with Crippen LogP contribution in [0.15, 0.2) is 18.2 Å². The molecule has 0 N–H and O–H groups in total. The summed E-state index contributed by atoms with van der Waals surface area (Å²) >= 11 is 0. The summed E-state index contributed by atoms with van der Waals surface area (Å²) in [6.07, 6.45) is 5.30. The third-order valence-electron chi connectivity index (χ3n) is 3.72. The first kappa shape index (κ1) is 20.2. The van der Waals surface area contributed by atoms with Gasteiger partial charge in [0, 0.05) is 0 Å². The zero-order valence-corrected chi connectivity index (χ0v) is 15.6. The normalized spacial score (nSPS) is 11.0. The molecular formula is C20H30O4. The van der Waals surface area contributed by atoms with Crippen LogP contribution in [0, 0.1) is 11.8 Å². The van der Waals surface area contributed by atoms with Gasteiger partial charge >= 0.3 is 11.9 Å². The molecule has 0 fully saturated rings. The summed E-state index contributed by atoms with van der Waals surface area (Å²) in [5, 5.41) is 0. The molecular weight excluding hydrogens is 304 g/mol. The average Bonchev–Trinajstić information content (AvgIpc) is 2.53. The van der Waals surface area contributed by atoms with Gasteiger partial charge in [-0.25, -0.2) is 0 Å². The van der Waals surface area contributed by atoms with Gasteiger partial charge in [-0.15, -0.1) is 0 Å². The van der Waals surface area contributed by atoms with Crippen molar-refractivity contribution in [3.63, 3.8) is 0 Å². The van der Waals surface area contributed by atoms with E-state index in [1.54, 1.807) is 33.8 Å². The fraction of sp³-hybridized carbons (Fsp3) is 0.600. The van der Waals surface area contributed by atoms with Crippen LogP contribution in [0.4, 0.5) is 0 Å². The second-order valence-corrected chi connectivity index (χ2v) is 6.71. The Morgan fingerprint density at radius 3 is 2.12 bits per heavy atom. The van der Waals surface area contributed by atoms with Gasteiger partial charge in [-0.1, -0.05) is 66.0 Å². The van der Waals surface area contributed by atoms with E-state index in [1.165, 1.54) is 12.8 Å². The zero-order valence-electron chi connectivity index (χ0n) is 15.6. The topological polar surface area (TPSA) is 52.6 Å². The number of carbonyl (C=O) groups excluding carboxylic acids is 2. The smallest absolute Gasteiger partial charge is 0.313 e. The van der Waals surface area contributed by atoms with Crippen molar-refractivity contribution in [2.45, 2.75) is 66.7 Å². The van der Waals surface area contributed by atoms with Crippen LogP contribution >= 0.6 is 0 Å². The molecule has 1 aromatic carbocycles. The van der Waals surface area contributed by atoms with Gasteiger partial charge in [-0.3, -0.25) is 9.59 Å². The molecule has 0 aliphatic carbocycles. The number of hydrogen-bond donors (Lipinski definition) is 0. The van der Waals surface area contributed by atoms with E-state index in [1.807, 2.05) is 12.1 Å². The molecule has 134 valence electrons. The quantitative estimate of drug-likeness (QED) is 0.365. The maximum absolute atomic E-state index is 12.0. The highest BCUT2D eigenvalue weighted by Crippen LogP contribution is 2.33. The number of carbonyl (C=O) groups is 2. The summed E-state index contributed by atoms with van der Waals surface area (Å²) in [7, 11) is 0. The maximum atomic E-state index is 12.0. The number of hydrogen-bond acceptors (Lipinski definition) is 4. The van der Waals surface area contributed by atoms with E-state index < -0.39 is 0 Å². The summed E-state index contributed by atoms with van der Waals surface area (Å²) in [6.45, 7) is 9.29. The van der Waals surface area contributed by atoms with Crippen LogP contribution in [0.1, 0.15) is 65.9 Å². The number of unbranched alkanes of at least 4 members (excludes halogenated alkanes) is 3. The van der Waals surface area contributed by atoms with E-state index in [2.05, 4.69) is 6.92 Å². The van der Waals surface area contributed by atoms with Crippen LogP contribution in [0.25, 0.3) is 0 Å². The van der Waals surface area contributed by atoms with Crippen LogP contribution in [-0.4, -0.2) is 11.9 Å². The minimum absolute atomic E-state index is 0.244. The number of aryl methyl sites for hydroxylation is 1. The van der Waals surface area contributed by atoms with E-state index in [9.17, 15) is 9.59 Å². The number of rotatable bonds is 9. The van der Waals surface area contributed by atoms with Gasteiger partial charge in [0.05, 0.1) is 11.8 Å². The van der Waals surface area contributed by atoms with Crippen molar-refractivity contribution < 1.29 is 19.1 Å². The van der Waals surface area contributed by atoms with Gasteiger partial charge in [0.25, 0.3) is 0 Å². The number of benzene rings is 1. The predicted molar refractivity (Wildman–Crippen MR) is 95.2 cm³/mol. The van der Waals surface area contributed by atoms with E-state index >= 15 is 0 Å². The van der Waals surface area contributed by atoms with Crippen molar-refractivity contribution in [1.29, 1.82) is 0 Å². The molecule has 0 radical (unpaired) electrons. The lowest BCUT2D eigenvalue weighted by Gasteiger charge is -2.16. The first-order valence-electron chi connectivity index (χ1n) is 8.92. The van der Waals surface area contributed by atoms with E-state index in [-0.39, 0.29) is 23.8 Å². The Morgan fingerprint density at radius 1 is 0.917 bits per heavy atom. The highest BCUT2D eigenvalue weighted by atomic mass is 16.6. The highest BCUT2D eigenvalue weighted by molar-refractivity contribution is 5.78. The van der Waals surface area contributed by atoms with Crippen LogP contribution in [0.5, 0.6) is 11.5 Å². The van der Waals surface area contributed by atoms with Gasteiger partial charge in [0.15, 0.2) is 11.5 Å². The Hall–Kier alpha value is -1.84.